The molecule has 1 aliphatic carbocycles. The number of benzene rings is 2. The molecular weight excluding hydrogens is 450 g/mol. The monoisotopic (exact) mass is 467 g/mol. The van der Waals surface area contributed by atoms with E-state index in [0.717, 1.165) is 33.3 Å². The maximum absolute atomic E-state index is 12.8. The molecule has 1 N–H and O–H groups in total. The summed E-state index contributed by atoms with van der Waals surface area (Å²) >= 11 is 1.28. The molecule has 0 spiro atoms. The van der Waals surface area contributed by atoms with E-state index in [-0.39, 0.29) is 22.1 Å². The first-order chi connectivity index (χ1) is 15.4. The molecule has 0 saturated heterocycles. The summed E-state index contributed by atoms with van der Waals surface area (Å²) in [6, 6.07) is 9.77. The minimum atomic E-state index is -3.92. The second-order valence-electron chi connectivity index (χ2n) is 7.96. The Morgan fingerprint density at radius 1 is 1.19 bits per heavy atom. The quantitative estimate of drug-likeness (QED) is 0.631. The zero-order valence-corrected chi connectivity index (χ0v) is 18.3. The van der Waals surface area contributed by atoms with Crippen molar-refractivity contribution in [3.63, 3.8) is 0 Å². The van der Waals surface area contributed by atoms with Gasteiger partial charge in [0.1, 0.15) is 10.6 Å². The van der Waals surface area contributed by atoms with Crippen LogP contribution in [0.1, 0.15) is 39.1 Å². The number of carbonyl (C=O) groups is 2. The molecule has 1 fully saturated rings. The van der Waals surface area contributed by atoms with Gasteiger partial charge in [0.2, 0.25) is 0 Å². The Morgan fingerprint density at radius 3 is 2.84 bits per heavy atom. The van der Waals surface area contributed by atoms with E-state index in [1.54, 1.807) is 0 Å². The lowest BCUT2D eigenvalue weighted by Gasteiger charge is -2.13. The van der Waals surface area contributed by atoms with E-state index >= 15 is 0 Å². The van der Waals surface area contributed by atoms with Crippen molar-refractivity contribution in [3.8, 4) is 17.0 Å². The third-order valence-electron chi connectivity index (χ3n) is 5.80. The van der Waals surface area contributed by atoms with Crippen molar-refractivity contribution in [3.05, 3.63) is 58.5 Å². The van der Waals surface area contributed by atoms with Gasteiger partial charge in [-0.1, -0.05) is 0 Å². The van der Waals surface area contributed by atoms with Gasteiger partial charge in [-0.3, -0.25) is 14.9 Å². The molecule has 1 aromatic heterocycles. The van der Waals surface area contributed by atoms with Crippen molar-refractivity contribution in [2.75, 3.05) is 11.9 Å². The first-order valence-corrected chi connectivity index (χ1v) is 12.5. The molecule has 0 radical (unpaired) electrons. The summed E-state index contributed by atoms with van der Waals surface area (Å²) < 4.78 is 32.1. The normalized spacial score (nSPS) is 18.2. The van der Waals surface area contributed by atoms with Gasteiger partial charge in [-0.05, 0) is 54.8 Å². The molecule has 2 aliphatic heterocycles. The van der Waals surface area contributed by atoms with Crippen LogP contribution in [-0.2, 0) is 16.4 Å². The molecule has 3 heterocycles. The van der Waals surface area contributed by atoms with Gasteiger partial charge in [0.25, 0.3) is 21.8 Å². The third kappa shape index (κ3) is 3.01. The number of ether oxygens (including phenoxy) is 1. The van der Waals surface area contributed by atoms with Crippen LogP contribution >= 0.6 is 11.3 Å². The minimum absolute atomic E-state index is 0.109. The molecule has 3 aromatic rings. The molecule has 0 atom stereocenters. The van der Waals surface area contributed by atoms with Crippen molar-refractivity contribution in [1.29, 1.82) is 0 Å². The number of carbonyl (C=O) groups excluding carboxylic acids is 2. The third-order valence-corrected chi connectivity index (χ3v) is 8.43. The zero-order valence-electron chi connectivity index (χ0n) is 16.7. The lowest BCUT2D eigenvalue weighted by atomic mass is 10.1. The summed E-state index contributed by atoms with van der Waals surface area (Å²) in [6.45, 7) is 0.678. The van der Waals surface area contributed by atoms with E-state index in [0.29, 0.717) is 24.6 Å². The molecule has 1 saturated carbocycles. The summed E-state index contributed by atoms with van der Waals surface area (Å²) in [5.74, 6) is -0.106. The molecule has 162 valence electrons. The predicted molar refractivity (Wildman–Crippen MR) is 118 cm³/mol. The number of hydrogen-bond acceptors (Lipinski definition) is 7. The van der Waals surface area contributed by atoms with Crippen molar-refractivity contribution in [2.24, 2.45) is 0 Å². The number of fused-ring (bicyclic) bond motifs is 2. The van der Waals surface area contributed by atoms with Crippen LogP contribution in [0, 0.1) is 0 Å². The van der Waals surface area contributed by atoms with Crippen LogP contribution in [-0.4, -0.2) is 42.2 Å². The number of anilines is 1. The van der Waals surface area contributed by atoms with Gasteiger partial charge in [-0.25, -0.2) is 17.7 Å². The molecule has 10 heteroatoms. The highest BCUT2D eigenvalue weighted by molar-refractivity contribution is 7.90. The molecule has 32 heavy (non-hydrogen) atoms. The second kappa shape index (κ2) is 6.88. The van der Waals surface area contributed by atoms with Gasteiger partial charge in [-0.15, -0.1) is 11.3 Å². The first-order valence-electron chi connectivity index (χ1n) is 10.2. The number of hydrogen-bond donors (Lipinski definition) is 1. The Balaban J connectivity index is 1.24. The van der Waals surface area contributed by atoms with Crippen molar-refractivity contribution in [2.45, 2.75) is 30.2 Å². The molecule has 2 aromatic carbocycles. The van der Waals surface area contributed by atoms with Crippen molar-refractivity contribution < 1.29 is 22.7 Å². The Hall–Kier alpha value is -3.24. The topological polar surface area (TPSA) is 106 Å². The largest absolute Gasteiger partial charge is 0.493 e. The van der Waals surface area contributed by atoms with Gasteiger partial charge < -0.3 is 4.74 Å². The van der Waals surface area contributed by atoms with Gasteiger partial charge in [-0.2, -0.15) is 0 Å². The molecular formula is C22H17N3O5S2. The van der Waals surface area contributed by atoms with Crippen molar-refractivity contribution in [1.82, 2.24) is 9.29 Å². The molecule has 2 amide bonds. The fraction of sp³-hybridized carbons (Fsp3) is 0.227. The Bertz CT molecular complexity index is 1410. The summed E-state index contributed by atoms with van der Waals surface area (Å²) in [5, 5.41) is 4.98. The summed E-state index contributed by atoms with van der Waals surface area (Å²) in [5.41, 5.74) is 3.08. The van der Waals surface area contributed by atoms with E-state index in [2.05, 4.69) is 10.3 Å². The zero-order chi connectivity index (χ0) is 22.0. The maximum Gasteiger partial charge on any atom is 0.269 e. The fourth-order valence-corrected chi connectivity index (χ4v) is 6.59. The van der Waals surface area contributed by atoms with E-state index in [4.69, 9.17) is 4.74 Å². The second-order valence-corrected chi connectivity index (χ2v) is 10.6. The SMILES string of the molecule is O=C(Nc1nc(-c2ccc3c(c2)CCO3)cs1)c1ccc2c(c1)S(=O)(=O)N(C1CC1)C2=O. The van der Waals surface area contributed by atoms with Gasteiger partial charge in [0.05, 0.1) is 17.9 Å². The van der Waals surface area contributed by atoms with Crippen LogP contribution in [0.5, 0.6) is 5.75 Å². The number of thiazole rings is 1. The van der Waals surface area contributed by atoms with Crippen LogP contribution in [0.4, 0.5) is 5.13 Å². The van der Waals surface area contributed by atoms with Crippen LogP contribution in [0.2, 0.25) is 0 Å². The Labute approximate surface area is 187 Å². The first kappa shape index (κ1) is 19.4. The van der Waals surface area contributed by atoms with E-state index < -0.39 is 21.8 Å². The summed E-state index contributed by atoms with van der Waals surface area (Å²) in [7, 11) is -3.92. The Morgan fingerprint density at radius 2 is 2.03 bits per heavy atom. The van der Waals surface area contributed by atoms with E-state index in [9.17, 15) is 18.0 Å². The molecule has 8 nitrogen and oxygen atoms in total. The highest BCUT2D eigenvalue weighted by Crippen LogP contribution is 2.40. The van der Waals surface area contributed by atoms with E-state index in [1.807, 2.05) is 23.6 Å². The number of amides is 2. The summed E-state index contributed by atoms with van der Waals surface area (Å²) in [4.78, 5) is 29.7. The van der Waals surface area contributed by atoms with E-state index in [1.165, 1.54) is 29.5 Å². The smallest absolute Gasteiger partial charge is 0.269 e. The highest BCUT2D eigenvalue weighted by atomic mass is 32.2. The Kier molecular flexibility index (Phi) is 4.18. The number of nitrogens with one attached hydrogen (secondary N) is 1. The van der Waals surface area contributed by atoms with Crippen LogP contribution in [0.15, 0.2) is 46.7 Å². The lowest BCUT2D eigenvalue weighted by Crippen LogP contribution is -2.31. The molecule has 0 bridgehead atoms. The predicted octanol–water partition coefficient (Wildman–Crippen LogP) is 3.30. The van der Waals surface area contributed by atoms with Crippen LogP contribution < -0.4 is 10.1 Å². The maximum atomic E-state index is 12.8. The molecule has 0 unspecified atom stereocenters. The van der Waals surface area contributed by atoms with Gasteiger partial charge >= 0.3 is 0 Å². The fourth-order valence-electron chi connectivity index (χ4n) is 4.04. The number of rotatable bonds is 4. The van der Waals surface area contributed by atoms with Crippen LogP contribution in [0.3, 0.4) is 0 Å². The molecule has 3 aliphatic rings. The highest BCUT2D eigenvalue weighted by Gasteiger charge is 2.48. The lowest BCUT2D eigenvalue weighted by molar-refractivity contribution is 0.0864. The van der Waals surface area contributed by atoms with Gasteiger partial charge in [0.15, 0.2) is 5.13 Å². The molecule has 6 rings (SSSR count). The number of nitrogens with zero attached hydrogens (tertiary/aromatic N) is 2. The number of aromatic nitrogens is 1. The van der Waals surface area contributed by atoms with Crippen LogP contribution in [0.25, 0.3) is 11.3 Å². The minimum Gasteiger partial charge on any atom is -0.493 e. The number of sulfonamides is 1. The summed E-state index contributed by atoms with van der Waals surface area (Å²) in [6.07, 6.45) is 2.21. The average molecular weight is 468 g/mol. The average Bonchev–Trinajstić information content (AvgIpc) is 3.22. The van der Waals surface area contributed by atoms with Gasteiger partial charge in [0, 0.05) is 29.0 Å². The standard InChI is InChI=1S/C22H17N3O5S2/c26-20(14-1-5-16-19(10-14)32(28,29)25(21(16)27)15-3-4-15)24-22-23-17(11-31-22)12-2-6-18-13(9-12)7-8-30-18/h1-2,5-6,9-11,15H,3-4,7-8H2,(H,23,24,26). The van der Waals surface area contributed by atoms with Crippen molar-refractivity contribution >= 4 is 38.3 Å².